The van der Waals surface area contributed by atoms with Crippen molar-refractivity contribution in [2.75, 3.05) is 33.7 Å². The Morgan fingerprint density at radius 2 is 2.08 bits per heavy atom. The molecule has 0 aliphatic heterocycles. The second-order valence-corrected chi connectivity index (χ2v) is 3.05. The first kappa shape index (κ1) is 11.9. The van der Waals surface area contributed by atoms with Crippen molar-refractivity contribution in [1.29, 1.82) is 5.26 Å². The average molecular weight is 183 g/mol. The molecule has 1 amide bonds. The summed E-state index contributed by atoms with van der Waals surface area (Å²) < 4.78 is 0. The van der Waals surface area contributed by atoms with Gasteiger partial charge in [-0.1, -0.05) is 0 Å². The minimum absolute atomic E-state index is 0.0999. The van der Waals surface area contributed by atoms with Gasteiger partial charge < -0.3 is 4.90 Å². The maximum absolute atomic E-state index is 11.3. The van der Waals surface area contributed by atoms with Gasteiger partial charge in [0.2, 0.25) is 5.91 Å². The molecule has 0 spiro atoms. The van der Waals surface area contributed by atoms with E-state index in [9.17, 15) is 4.79 Å². The highest BCUT2D eigenvalue weighted by atomic mass is 16.2. The van der Waals surface area contributed by atoms with E-state index in [4.69, 9.17) is 5.26 Å². The number of rotatable bonds is 5. The molecule has 0 fully saturated rings. The van der Waals surface area contributed by atoms with Crippen LogP contribution in [0.2, 0.25) is 0 Å². The van der Waals surface area contributed by atoms with Crippen LogP contribution in [-0.2, 0) is 4.79 Å². The Bertz CT molecular complexity index is 198. The lowest BCUT2D eigenvalue weighted by Crippen LogP contribution is -2.36. The van der Waals surface area contributed by atoms with Crippen LogP contribution in [0.25, 0.3) is 0 Å². The predicted octanol–water partition coefficient (Wildman–Crippen LogP) is 0.310. The van der Waals surface area contributed by atoms with Gasteiger partial charge in [-0.15, -0.1) is 0 Å². The zero-order valence-corrected chi connectivity index (χ0v) is 8.58. The molecule has 74 valence electrons. The number of carbonyl (C=O) groups excluding carboxylic acids is 1. The summed E-state index contributed by atoms with van der Waals surface area (Å²) in [5.41, 5.74) is 0. The van der Waals surface area contributed by atoms with E-state index in [0.717, 1.165) is 6.54 Å². The SMILES string of the molecule is CCN(C)C(=O)CN(C)CCC#N. The molecule has 0 aromatic heterocycles. The zero-order chi connectivity index (χ0) is 10.3. The average Bonchev–Trinajstić information content (AvgIpc) is 2.13. The topological polar surface area (TPSA) is 47.3 Å². The van der Waals surface area contributed by atoms with Crippen molar-refractivity contribution in [3.8, 4) is 6.07 Å². The maximum Gasteiger partial charge on any atom is 0.236 e. The Morgan fingerprint density at radius 1 is 1.46 bits per heavy atom. The van der Waals surface area contributed by atoms with E-state index in [1.54, 1.807) is 11.9 Å². The third-order valence-electron chi connectivity index (χ3n) is 1.91. The Hall–Kier alpha value is -1.08. The van der Waals surface area contributed by atoms with E-state index >= 15 is 0 Å². The molecular formula is C9H17N3O. The number of hydrogen-bond donors (Lipinski definition) is 0. The van der Waals surface area contributed by atoms with Gasteiger partial charge in [0.25, 0.3) is 0 Å². The molecule has 0 aromatic carbocycles. The smallest absolute Gasteiger partial charge is 0.236 e. The fraction of sp³-hybridized carbons (Fsp3) is 0.778. The zero-order valence-electron chi connectivity index (χ0n) is 8.58. The van der Waals surface area contributed by atoms with Crippen LogP contribution in [0.15, 0.2) is 0 Å². The first-order chi connectivity index (χ1) is 6.11. The van der Waals surface area contributed by atoms with Gasteiger partial charge in [-0.2, -0.15) is 5.26 Å². The summed E-state index contributed by atoms with van der Waals surface area (Å²) in [6, 6.07) is 2.05. The summed E-state index contributed by atoms with van der Waals surface area (Å²) in [5.74, 6) is 0.0999. The monoisotopic (exact) mass is 183 g/mol. The quantitative estimate of drug-likeness (QED) is 0.616. The molecule has 0 radical (unpaired) electrons. The highest BCUT2D eigenvalue weighted by Crippen LogP contribution is 1.90. The van der Waals surface area contributed by atoms with Crippen molar-refractivity contribution in [2.24, 2.45) is 0 Å². The van der Waals surface area contributed by atoms with E-state index in [0.29, 0.717) is 19.5 Å². The highest BCUT2D eigenvalue weighted by molar-refractivity contribution is 5.77. The fourth-order valence-corrected chi connectivity index (χ4v) is 0.848. The first-order valence-corrected chi connectivity index (χ1v) is 4.41. The van der Waals surface area contributed by atoms with Crippen molar-refractivity contribution >= 4 is 5.91 Å². The van der Waals surface area contributed by atoms with Gasteiger partial charge in [-0.25, -0.2) is 0 Å². The van der Waals surface area contributed by atoms with Crippen LogP contribution in [0, 0.1) is 11.3 Å². The molecule has 0 rings (SSSR count). The van der Waals surface area contributed by atoms with Crippen LogP contribution in [-0.4, -0.2) is 49.4 Å². The summed E-state index contributed by atoms with van der Waals surface area (Å²) in [5, 5.41) is 8.33. The van der Waals surface area contributed by atoms with Crippen LogP contribution in [0.5, 0.6) is 0 Å². The van der Waals surface area contributed by atoms with Crippen molar-refractivity contribution in [2.45, 2.75) is 13.3 Å². The number of amides is 1. The number of carbonyl (C=O) groups is 1. The molecule has 0 bridgehead atoms. The minimum Gasteiger partial charge on any atom is -0.345 e. The van der Waals surface area contributed by atoms with Crippen LogP contribution < -0.4 is 0 Å². The van der Waals surface area contributed by atoms with Gasteiger partial charge >= 0.3 is 0 Å². The molecule has 0 atom stereocenters. The molecule has 0 aliphatic rings. The van der Waals surface area contributed by atoms with E-state index in [1.807, 2.05) is 24.9 Å². The molecule has 0 aromatic rings. The lowest BCUT2D eigenvalue weighted by Gasteiger charge is -2.19. The summed E-state index contributed by atoms with van der Waals surface area (Å²) in [7, 11) is 3.62. The standard InChI is InChI=1S/C9H17N3O/c1-4-12(3)9(13)8-11(2)7-5-6-10/h4-5,7-8H2,1-3H3. The number of nitrogens with zero attached hydrogens (tertiary/aromatic N) is 3. The van der Waals surface area contributed by atoms with Gasteiger partial charge in [-0.3, -0.25) is 9.69 Å². The molecule has 0 saturated heterocycles. The van der Waals surface area contributed by atoms with Crippen molar-refractivity contribution in [3.63, 3.8) is 0 Å². The van der Waals surface area contributed by atoms with Crippen LogP contribution in [0.4, 0.5) is 0 Å². The summed E-state index contributed by atoms with van der Waals surface area (Å²) in [6.07, 6.45) is 0.472. The Balaban J connectivity index is 3.72. The van der Waals surface area contributed by atoms with E-state index in [2.05, 4.69) is 0 Å². The third kappa shape index (κ3) is 5.21. The lowest BCUT2D eigenvalue weighted by atomic mass is 10.4. The summed E-state index contributed by atoms with van der Waals surface area (Å²) in [6.45, 7) is 3.71. The Labute approximate surface area is 79.7 Å². The van der Waals surface area contributed by atoms with Gasteiger partial charge in [0.1, 0.15) is 0 Å². The molecular weight excluding hydrogens is 166 g/mol. The predicted molar refractivity (Wildman–Crippen MR) is 51.0 cm³/mol. The van der Waals surface area contributed by atoms with Gasteiger partial charge in [-0.05, 0) is 14.0 Å². The van der Waals surface area contributed by atoms with Gasteiger partial charge in [0, 0.05) is 26.6 Å². The van der Waals surface area contributed by atoms with Crippen molar-refractivity contribution < 1.29 is 4.79 Å². The maximum atomic E-state index is 11.3. The molecule has 13 heavy (non-hydrogen) atoms. The molecule has 0 N–H and O–H groups in total. The molecule has 0 saturated carbocycles. The van der Waals surface area contributed by atoms with Crippen molar-refractivity contribution in [3.05, 3.63) is 0 Å². The largest absolute Gasteiger partial charge is 0.345 e. The van der Waals surface area contributed by atoms with E-state index in [1.165, 1.54) is 0 Å². The van der Waals surface area contributed by atoms with Crippen LogP contribution >= 0.6 is 0 Å². The second kappa shape index (κ2) is 6.44. The number of hydrogen-bond acceptors (Lipinski definition) is 3. The lowest BCUT2D eigenvalue weighted by molar-refractivity contribution is -0.130. The number of likely N-dealkylation sites (N-methyl/N-ethyl adjacent to an activating group) is 2. The van der Waals surface area contributed by atoms with Crippen LogP contribution in [0.3, 0.4) is 0 Å². The molecule has 0 unspecified atom stereocenters. The summed E-state index contributed by atoms with van der Waals surface area (Å²) in [4.78, 5) is 14.9. The van der Waals surface area contributed by atoms with E-state index in [-0.39, 0.29) is 5.91 Å². The normalized spacial score (nSPS) is 9.77. The fourth-order valence-electron chi connectivity index (χ4n) is 0.848. The van der Waals surface area contributed by atoms with Gasteiger partial charge in [0.05, 0.1) is 12.6 Å². The van der Waals surface area contributed by atoms with Gasteiger partial charge in [0.15, 0.2) is 0 Å². The Morgan fingerprint density at radius 3 is 2.54 bits per heavy atom. The van der Waals surface area contributed by atoms with Crippen LogP contribution in [0.1, 0.15) is 13.3 Å². The highest BCUT2D eigenvalue weighted by Gasteiger charge is 2.08. The number of nitriles is 1. The second-order valence-electron chi connectivity index (χ2n) is 3.05. The Kier molecular flexibility index (Phi) is 5.90. The molecule has 0 heterocycles. The molecule has 0 aliphatic carbocycles. The van der Waals surface area contributed by atoms with E-state index < -0.39 is 0 Å². The third-order valence-corrected chi connectivity index (χ3v) is 1.91. The van der Waals surface area contributed by atoms with Crippen molar-refractivity contribution in [1.82, 2.24) is 9.80 Å². The molecule has 4 heteroatoms. The minimum atomic E-state index is 0.0999. The first-order valence-electron chi connectivity index (χ1n) is 4.41. The molecule has 4 nitrogen and oxygen atoms in total. The summed E-state index contributed by atoms with van der Waals surface area (Å²) >= 11 is 0.